The van der Waals surface area contributed by atoms with Crippen molar-refractivity contribution in [3.05, 3.63) is 29.3 Å². The molecule has 4 amide bonds. The maximum absolute atomic E-state index is 12.9. The maximum Gasteiger partial charge on any atom is 0.262 e. The summed E-state index contributed by atoms with van der Waals surface area (Å²) in [6, 6.07) is 5.25. The molecule has 28 heavy (non-hydrogen) atoms. The van der Waals surface area contributed by atoms with E-state index in [9.17, 15) is 19.2 Å². The minimum atomic E-state index is -0.929. The van der Waals surface area contributed by atoms with E-state index in [1.807, 2.05) is 6.07 Å². The van der Waals surface area contributed by atoms with Gasteiger partial charge in [0.1, 0.15) is 6.04 Å². The number of nitrogens with zero attached hydrogens (tertiary/aromatic N) is 1. The number of hydrogen-bond acceptors (Lipinski definition) is 6. The van der Waals surface area contributed by atoms with Gasteiger partial charge in [0.25, 0.3) is 11.8 Å². The Hall–Kier alpha value is -2.74. The van der Waals surface area contributed by atoms with Gasteiger partial charge in [-0.3, -0.25) is 29.4 Å². The van der Waals surface area contributed by atoms with Gasteiger partial charge in [-0.25, -0.2) is 0 Å². The average Bonchev–Trinajstić information content (AvgIpc) is 3.18. The molecule has 0 spiro atoms. The zero-order valence-corrected chi connectivity index (χ0v) is 15.4. The summed E-state index contributed by atoms with van der Waals surface area (Å²) in [5.41, 5.74) is 1.45. The fourth-order valence-electron chi connectivity index (χ4n) is 4.96. The second kappa shape index (κ2) is 6.41. The Morgan fingerprint density at radius 3 is 2.64 bits per heavy atom. The number of imide groups is 2. The summed E-state index contributed by atoms with van der Waals surface area (Å²) >= 11 is 0. The van der Waals surface area contributed by atoms with E-state index in [0.717, 1.165) is 30.0 Å². The summed E-state index contributed by atoms with van der Waals surface area (Å²) in [5, 5.41) is 9.28. The third-order valence-corrected chi connectivity index (χ3v) is 6.44. The van der Waals surface area contributed by atoms with Crippen LogP contribution in [0, 0.1) is 5.92 Å². The van der Waals surface area contributed by atoms with Crippen LogP contribution in [-0.4, -0.2) is 53.2 Å². The number of rotatable bonds is 3. The standard InChI is InChI=1S/C20H22N4O4/c25-17-6-5-16(18(26)23-17)24-19(27)13-3-1-12(8-14(13)20(24)28)22-15-4-2-11-7-10(15)9-21-11/h1,3,8,10-11,15-16,21-22H,2,4-7,9H2,(H,23,25,26). The van der Waals surface area contributed by atoms with E-state index in [-0.39, 0.29) is 18.7 Å². The number of amides is 4. The third-order valence-electron chi connectivity index (χ3n) is 6.44. The molecule has 3 heterocycles. The molecule has 146 valence electrons. The van der Waals surface area contributed by atoms with Crippen LogP contribution in [-0.2, 0) is 9.59 Å². The van der Waals surface area contributed by atoms with Gasteiger partial charge in [-0.05, 0) is 49.8 Å². The quantitative estimate of drug-likeness (QED) is 0.663. The van der Waals surface area contributed by atoms with Gasteiger partial charge in [-0.2, -0.15) is 0 Å². The SMILES string of the molecule is O=C1CCC(N2C(=O)c3ccc(NC4CCC5CC4CN5)cc3C2=O)C(=O)N1. The number of fused-ring (bicyclic) bond motifs is 3. The molecule has 2 bridgehead atoms. The highest BCUT2D eigenvalue weighted by Gasteiger charge is 2.44. The molecule has 0 aromatic heterocycles. The monoisotopic (exact) mass is 382 g/mol. The lowest BCUT2D eigenvalue weighted by molar-refractivity contribution is -0.136. The lowest BCUT2D eigenvalue weighted by Crippen LogP contribution is -2.54. The molecule has 1 aromatic rings. The van der Waals surface area contributed by atoms with Crippen molar-refractivity contribution in [3.8, 4) is 0 Å². The summed E-state index contributed by atoms with van der Waals surface area (Å²) in [4.78, 5) is 50.2. The van der Waals surface area contributed by atoms with Gasteiger partial charge in [0.05, 0.1) is 11.1 Å². The number of anilines is 1. The van der Waals surface area contributed by atoms with E-state index in [1.54, 1.807) is 12.1 Å². The molecule has 0 radical (unpaired) electrons. The van der Waals surface area contributed by atoms with Crippen LogP contribution in [0.15, 0.2) is 18.2 Å². The molecule has 4 unspecified atom stereocenters. The van der Waals surface area contributed by atoms with Crippen molar-refractivity contribution < 1.29 is 19.2 Å². The summed E-state index contributed by atoms with van der Waals surface area (Å²) in [5.74, 6) is -1.33. The van der Waals surface area contributed by atoms with Crippen molar-refractivity contribution in [2.24, 2.45) is 5.92 Å². The molecule has 8 nitrogen and oxygen atoms in total. The first kappa shape index (κ1) is 17.4. The minimum Gasteiger partial charge on any atom is -0.382 e. The molecule has 8 heteroatoms. The second-order valence-electron chi connectivity index (χ2n) is 8.14. The topological polar surface area (TPSA) is 108 Å². The molecule has 1 aliphatic carbocycles. The van der Waals surface area contributed by atoms with Crippen molar-refractivity contribution in [2.75, 3.05) is 11.9 Å². The van der Waals surface area contributed by atoms with Crippen LogP contribution < -0.4 is 16.0 Å². The highest BCUT2D eigenvalue weighted by molar-refractivity contribution is 6.23. The van der Waals surface area contributed by atoms with E-state index >= 15 is 0 Å². The summed E-state index contributed by atoms with van der Waals surface area (Å²) in [6.07, 6.45) is 3.67. The zero-order valence-electron chi connectivity index (χ0n) is 15.4. The predicted molar refractivity (Wildman–Crippen MR) is 99.7 cm³/mol. The number of carbonyl (C=O) groups is 4. The lowest BCUT2D eigenvalue weighted by atomic mass is 9.85. The van der Waals surface area contributed by atoms with Gasteiger partial charge >= 0.3 is 0 Å². The normalized spacial score (nSPS) is 31.8. The first-order chi connectivity index (χ1) is 13.5. The van der Waals surface area contributed by atoms with Crippen molar-refractivity contribution in [2.45, 2.75) is 50.2 Å². The summed E-state index contributed by atoms with van der Waals surface area (Å²) in [7, 11) is 0. The Morgan fingerprint density at radius 2 is 1.82 bits per heavy atom. The Bertz CT molecular complexity index is 898. The van der Waals surface area contributed by atoms with E-state index in [1.165, 1.54) is 6.42 Å². The molecular formula is C20H22N4O4. The molecule has 1 aromatic carbocycles. The van der Waals surface area contributed by atoms with E-state index in [2.05, 4.69) is 16.0 Å². The largest absolute Gasteiger partial charge is 0.382 e. The van der Waals surface area contributed by atoms with Gasteiger partial charge in [-0.15, -0.1) is 0 Å². The maximum atomic E-state index is 12.9. The minimum absolute atomic E-state index is 0.120. The molecule has 4 atom stereocenters. The van der Waals surface area contributed by atoms with Crippen LogP contribution >= 0.6 is 0 Å². The van der Waals surface area contributed by atoms with Crippen LogP contribution in [0.3, 0.4) is 0 Å². The third kappa shape index (κ3) is 2.71. The van der Waals surface area contributed by atoms with Crippen molar-refractivity contribution >= 4 is 29.3 Å². The number of piperidine rings is 1. The summed E-state index contributed by atoms with van der Waals surface area (Å²) < 4.78 is 0. The van der Waals surface area contributed by atoms with Crippen LogP contribution in [0.4, 0.5) is 5.69 Å². The number of nitrogens with one attached hydrogen (secondary N) is 3. The molecule has 5 rings (SSSR count). The molecule has 2 saturated heterocycles. The molecule has 1 saturated carbocycles. The average molecular weight is 382 g/mol. The molecule has 3 N–H and O–H groups in total. The molecule has 3 aliphatic heterocycles. The van der Waals surface area contributed by atoms with Crippen LogP contribution in [0.25, 0.3) is 0 Å². The molecular weight excluding hydrogens is 360 g/mol. The van der Waals surface area contributed by atoms with Crippen molar-refractivity contribution in [1.29, 1.82) is 0 Å². The van der Waals surface area contributed by atoms with Crippen LogP contribution in [0.1, 0.15) is 52.8 Å². The Balaban J connectivity index is 1.37. The lowest BCUT2D eigenvalue weighted by Gasteiger charge is -2.29. The smallest absolute Gasteiger partial charge is 0.262 e. The zero-order chi connectivity index (χ0) is 19.4. The Kier molecular flexibility index (Phi) is 3.97. The number of benzene rings is 1. The fourth-order valence-corrected chi connectivity index (χ4v) is 4.96. The van der Waals surface area contributed by atoms with Gasteiger partial charge in [-0.1, -0.05) is 0 Å². The number of hydrogen-bond donors (Lipinski definition) is 3. The van der Waals surface area contributed by atoms with Crippen molar-refractivity contribution in [1.82, 2.24) is 15.5 Å². The van der Waals surface area contributed by atoms with Crippen LogP contribution in [0.2, 0.25) is 0 Å². The Morgan fingerprint density at radius 1 is 1.00 bits per heavy atom. The van der Waals surface area contributed by atoms with E-state index in [0.29, 0.717) is 29.1 Å². The van der Waals surface area contributed by atoms with E-state index < -0.39 is 23.8 Å². The van der Waals surface area contributed by atoms with Gasteiger partial charge in [0, 0.05) is 30.7 Å². The van der Waals surface area contributed by atoms with Gasteiger partial charge < -0.3 is 10.6 Å². The second-order valence-corrected chi connectivity index (χ2v) is 8.14. The first-order valence-electron chi connectivity index (χ1n) is 9.87. The Labute approximate surface area is 162 Å². The summed E-state index contributed by atoms with van der Waals surface area (Å²) in [6.45, 7) is 1.01. The fraction of sp³-hybridized carbons (Fsp3) is 0.500. The number of carbonyl (C=O) groups excluding carboxylic acids is 4. The van der Waals surface area contributed by atoms with E-state index in [4.69, 9.17) is 0 Å². The van der Waals surface area contributed by atoms with Crippen LogP contribution in [0.5, 0.6) is 0 Å². The first-order valence-corrected chi connectivity index (χ1v) is 9.87. The highest BCUT2D eigenvalue weighted by atomic mass is 16.2. The molecule has 3 fully saturated rings. The van der Waals surface area contributed by atoms with Gasteiger partial charge in [0.2, 0.25) is 11.8 Å². The van der Waals surface area contributed by atoms with Crippen molar-refractivity contribution in [3.63, 3.8) is 0 Å². The van der Waals surface area contributed by atoms with Gasteiger partial charge in [0.15, 0.2) is 0 Å². The predicted octanol–water partition coefficient (Wildman–Crippen LogP) is 0.640. The molecule has 4 aliphatic rings. The highest BCUT2D eigenvalue weighted by Crippen LogP contribution is 2.34.